The van der Waals surface area contributed by atoms with E-state index in [1.807, 2.05) is 31.2 Å². The average molecular weight is 504 g/mol. The number of pyridine rings is 1. The van der Waals surface area contributed by atoms with E-state index in [9.17, 15) is 4.79 Å². The molecule has 10 heteroatoms. The van der Waals surface area contributed by atoms with Gasteiger partial charge in [-0.1, -0.05) is 18.2 Å². The van der Waals surface area contributed by atoms with Crippen molar-refractivity contribution in [2.24, 2.45) is 0 Å². The summed E-state index contributed by atoms with van der Waals surface area (Å²) in [5.74, 6) is 1.48. The maximum atomic E-state index is 13.5. The Morgan fingerprint density at radius 3 is 2.57 bits per heavy atom. The third-order valence-corrected chi connectivity index (χ3v) is 7.18. The standard InChI is InChI=1S/C27H33N7O3/c1-18-8-9-19(2)24-22(18)17-23(27(35)28-24)25(26-29-30-31-34(26)14-15-36-3)33-12-10-32(11-13-33)20-6-5-7-21(16-20)37-4/h5-9,16-17,25H,10-15H2,1-4H3,(H,28,35)/t25-/m0/s1. The summed E-state index contributed by atoms with van der Waals surface area (Å²) < 4.78 is 12.4. The van der Waals surface area contributed by atoms with Crippen LogP contribution in [0.3, 0.4) is 0 Å². The van der Waals surface area contributed by atoms with Crippen molar-refractivity contribution in [2.45, 2.75) is 26.4 Å². The Hall–Kier alpha value is -3.76. The van der Waals surface area contributed by atoms with Crippen LogP contribution in [0.2, 0.25) is 0 Å². The number of piperazine rings is 1. The summed E-state index contributed by atoms with van der Waals surface area (Å²) in [6.45, 7) is 8.13. The smallest absolute Gasteiger partial charge is 0.253 e. The van der Waals surface area contributed by atoms with Gasteiger partial charge in [0.25, 0.3) is 5.56 Å². The summed E-state index contributed by atoms with van der Waals surface area (Å²) in [5, 5.41) is 13.6. The van der Waals surface area contributed by atoms with E-state index < -0.39 is 6.04 Å². The van der Waals surface area contributed by atoms with Crippen LogP contribution in [0.5, 0.6) is 5.75 Å². The molecule has 2 aromatic carbocycles. The number of benzene rings is 2. The zero-order chi connectivity index (χ0) is 25.9. The molecule has 0 unspecified atom stereocenters. The molecule has 0 radical (unpaired) electrons. The second kappa shape index (κ2) is 10.7. The quantitative estimate of drug-likeness (QED) is 0.392. The molecule has 0 saturated carbocycles. The lowest BCUT2D eigenvalue weighted by Crippen LogP contribution is -2.49. The fourth-order valence-electron chi connectivity index (χ4n) is 5.08. The Morgan fingerprint density at radius 2 is 1.81 bits per heavy atom. The molecular formula is C27H33N7O3. The van der Waals surface area contributed by atoms with Crippen LogP contribution in [0, 0.1) is 13.8 Å². The number of aryl methyl sites for hydroxylation is 2. The topological polar surface area (TPSA) is 101 Å². The van der Waals surface area contributed by atoms with Gasteiger partial charge in [-0.15, -0.1) is 5.10 Å². The Labute approximate surface area is 215 Å². The van der Waals surface area contributed by atoms with Crippen molar-refractivity contribution in [3.05, 3.63) is 75.3 Å². The number of aromatic amines is 1. The fourth-order valence-corrected chi connectivity index (χ4v) is 5.08. The molecule has 0 amide bonds. The van der Waals surface area contributed by atoms with E-state index in [0.29, 0.717) is 24.5 Å². The third-order valence-electron chi connectivity index (χ3n) is 7.18. The third kappa shape index (κ3) is 4.94. The molecule has 1 aliphatic heterocycles. The zero-order valence-corrected chi connectivity index (χ0v) is 21.8. The van der Waals surface area contributed by atoms with E-state index in [2.05, 4.69) is 55.4 Å². The first kappa shape index (κ1) is 24.9. The largest absolute Gasteiger partial charge is 0.497 e. The molecule has 2 aromatic heterocycles. The maximum Gasteiger partial charge on any atom is 0.253 e. The van der Waals surface area contributed by atoms with Crippen molar-refractivity contribution in [1.82, 2.24) is 30.1 Å². The van der Waals surface area contributed by atoms with Gasteiger partial charge in [0.2, 0.25) is 0 Å². The first-order valence-electron chi connectivity index (χ1n) is 12.5. The molecule has 3 heterocycles. The minimum absolute atomic E-state index is 0.122. The Bertz CT molecular complexity index is 1440. The number of nitrogens with zero attached hydrogens (tertiary/aromatic N) is 6. The van der Waals surface area contributed by atoms with Gasteiger partial charge in [-0.2, -0.15) is 0 Å². The van der Waals surface area contributed by atoms with Crippen molar-refractivity contribution < 1.29 is 9.47 Å². The van der Waals surface area contributed by atoms with Crippen LogP contribution in [0.1, 0.15) is 28.6 Å². The molecule has 1 N–H and O–H groups in total. The summed E-state index contributed by atoms with van der Waals surface area (Å²) in [6, 6.07) is 13.9. The number of fused-ring (bicyclic) bond motifs is 1. The number of anilines is 1. The number of H-pyrrole nitrogens is 1. The first-order chi connectivity index (χ1) is 18.0. The Morgan fingerprint density at radius 1 is 1.03 bits per heavy atom. The second-order valence-corrected chi connectivity index (χ2v) is 9.42. The predicted octanol–water partition coefficient (Wildman–Crippen LogP) is 2.70. The molecule has 1 fully saturated rings. The van der Waals surface area contributed by atoms with Crippen LogP contribution >= 0.6 is 0 Å². The predicted molar refractivity (Wildman–Crippen MR) is 142 cm³/mol. The maximum absolute atomic E-state index is 13.5. The number of nitrogens with one attached hydrogen (secondary N) is 1. The molecule has 1 saturated heterocycles. The van der Waals surface area contributed by atoms with Crippen LogP contribution in [0.15, 0.2) is 47.3 Å². The highest BCUT2D eigenvalue weighted by Crippen LogP contribution is 2.30. The molecule has 5 rings (SSSR count). The molecular weight excluding hydrogens is 470 g/mol. The normalized spacial score (nSPS) is 15.3. The first-order valence-corrected chi connectivity index (χ1v) is 12.5. The molecule has 194 valence electrons. The minimum atomic E-state index is -0.396. The van der Waals surface area contributed by atoms with E-state index in [-0.39, 0.29) is 5.56 Å². The van der Waals surface area contributed by atoms with Crippen LogP contribution < -0.4 is 15.2 Å². The van der Waals surface area contributed by atoms with Crippen molar-refractivity contribution in [3.63, 3.8) is 0 Å². The summed E-state index contributed by atoms with van der Waals surface area (Å²) in [5.41, 5.74) is 4.66. The van der Waals surface area contributed by atoms with E-state index >= 15 is 0 Å². The van der Waals surface area contributed by atoms with Gasteiger partial charge in [-0.25, -0.2) is 4.68 Å². The number of aromatic nitrogens is 5. The van der Waals surface area contributed by atoms with Crippen molar-refractivity contribution >= 4 is 16.6 Å². The highest BCUT2D eigenvalue weighted by molar-refractivity contribution is 5.85. The molecule has 1 atom stereocenters. The number of ether oxygens (including phenoxy) is 2. The van der Waals surface area contributed by atoms with Crippen LogP contribution in [0.4, 0.5) is 5.69 Å². The lowest BCUT2D eigenvalue weighted by Gasteiger charge is -2.39. The lowest BCUT2D eigenvalue weighted by atomic mass is 9.99. The number of hydrogen-bond acceptors (Lipinski definition) is 8. The van der Waals surface area contributed by atoms with Crippen LogP contribution in [0.25, 0.3) is 10.9 Å². The average Bonchev–Trinajstić information content (AvgIpc) is 3.39. The van der Waals surface area contributed by atoms with Gasteiger partial charge >= 0.3 is 0 Å². The Balaban J connectivity index is 1.53. The van der Waals surface area contributed by atoms with E-state index in [1.54, 1.807) is 18.9 Å². The Kier molecular flexibility index (Phi) is 7.20. The number of rotatable bonds is 8. The summed E-state index contributed by atoms with van der Waals surface area (Å²) >= 11 is 0. The molecule has 1 aliphatic rings. The van der Waals surface area contributed by atoms with Crippen molar-refractivity contribution in [1.29, 1.82) is 0 Å². The SMILES string of the molecule is COCCn1nnnc1[C@H](c1cc2c(C)ccc(C)c2[nH]c1=O)N1CCN(c2cccc(OC)c2)CC1. The fraction of sp³-hybridized carbons (Fsp3) is 0.407. The van der Waals surface area contributed by atoms with E-state index in [4.69, 9.17) is 9.47 Å². The lowest BCUT2D eigenvalue weighted by molar-refractivity contribution is 0.171. The number of tetrazole rings is 1. The minimum Gasteiger partial charge on any atom is -0.497 e. The molecule has 0 spiro atoms. The molecule has 37 heavy (non-hydrogen) atoms. The summed E-state index contributed by atoms with van der Waals surface area (Å²) in [4.78, 5) is 21.3. The van der Waals surface area contributed by atoms with Crippen LogP contribution in [-0.4, -0.2) is 77.1 Å². The highest BCUT2D eigenvalue weighted by atomic mass is 16.5. The van der Waals surface area contributed by atoms with Gasteiger partial charge in [0.1, 0.15) is 11.8 Å². The summed E-state index contributed by atoms with van der Waals surface area (Å²) in [6.07, 6.45) is 0. The zero-order valence-electron chi connectivity index (χ0n) is 21.8. The van der Waals surface area contributed by atoms with E-state index in [1.165, 1.54) is 0 Å². The highest BCUT2D eigenvalue weighted by Gasteiger charge is 2.33. The number of hydrogen-bond donors (Lipinski definition) is 1. The van der Waals surface area contributed by atoms with Gasteiger partial charge in [0, 0.05) is 56.0 Å². The van der Waals surface area contributed by atoms with Gasteiger partial charge in [0.15, 0.2) is 5.82 Å². The van der Waals surface area contributed by atoms with Crippen LogP contribution in [-0.2, 0) is 11.3 Å². The monoisotopic (exact) mass is 503 g/mol. The molecule has 0 aliphatic carbocycles. The van der Waals surface area contributed by atoms with E-state index in [0.717, 1.165) is 59.6 Å². The molecule has 10 nitrogen and oxygen atoms in total. The van der Waals surface area contributed by atoms with Gasteiger partial charge in [0.05, 0.1) is 25.8 Å². The number of methoxy groups -OCH3 is 2. The molecule has 0 bridgehead atoms. The van der Waals surface area contributed by atoms with Gasteiger partial charge in [-0.3, -0.25) is 9.69 Å². The summed E-state index contributed by atoms with van der Waals surface area (Å²) in [7, 11) is 3.33. The van der Waals surface area contributed by atoms with Crippen molar-refractivity contribution in [3.8, 4) is 5.75 Å². The van der Waals surface area contributed by atoms with Gasteiger partial charge < -0.3 is 19.4 Å². The second-order valence-electron chi connectivity index (χ2n) is 9.42. The molecule has 4 aromatic rings. The van der Waals surface area contributed by atoms with Gasteiger partial charge in [-0.05, 0) is 53.6 Å². The van der Waals surface area contributed by atoms with Crippen molar-refractivity contribution in [2.75, 3.05) is 51.9 Å².